The maximum atomic E-state index is 12.8. The zero-order chi connectivity index (χ0) is 21.7. The van der Waals surface area contributed by atoms with Crippen molar-refractivity contribution >= 4 is 29.2 Å². The van der Waals surface area contributed by atoms with Crippen molar-refractivity contribution in [1.29, 1.82) is 0 Å². The number of amides is 3. The third kappa shape index (κ3) is 5.12. The second-order valence-electron chi connectivity index (χ2n) is 6.81. The van der Waals surface area contributed by atoms with Crippen molar-refractivity contribution in [2.24, 2.45) is 0 Å². The summed E-state index contributed by atoms with van der Waals surface area (Å²) < 4.78 is 6.90. The molecule has 0 radical (unpaired) electrons. The second-order valence-corrected chi connectivity index (χ2v) is 7.76. The van der Waals surface area contributed by atoms with Crippen molar-refractivity contribution in [3.05, 3.63) is 59.6 Å². The van der Waals surface area contributed by atoms with Crippen molar-refractivity contribution in [3.63, 3.8) is 0 Å². The van der Waals surface area contributed by atoms with E-state index in [1.54, 1.807) is 24.7 Å². The molecule has 0 spiro atoms. The maximum Gasteiger partial charge on any atom is 0.342 e. The van der Waals surface area contributed by atoms with E-state index in [0.29, 0.717) is 5.69 Å². The Morgan fingerprint density at radius 2 is 1.80 bits per heavy atom. The van der Waals surface area contributed by atoms with E-state index in [2.05, 4.69) is 15.7 Å². The van der Waals surface area contributed by atoms with Gasteiger partial charge in [0.25, 0.3) is 5.91 Å². The standard InChI is InChI=1S/C21H22N4O4S/c1-13(2)22-21(28)23-19(26)14(3)29-20(27)16-12-25(15-8-5-4-6-9-15)24-18(16)17-10-7-11-30-17/h4-14H,1-3H3,(H2,22,23,26,28). The number of carbonyl (C=O) groups excluding carboxylic acids is 3. The molecule has 30 heavy (non-hydrogen) atoms. The fraction of sp³-hybridized carbons (Fsp3) is 0.238. The predicted octanol–water partition coefficient (Wildman–Crippen LogP) is 3.38. The molecule has 2 N–H and O–H groups in total. The van der Waals surface area contributed by atoms with Crippen LogP contribution in [0.2, 0.25) is 0 Å². The molecule has 8 nitrogen and oxygen atoms in total. The van der Waals surface area contributed by atoms with Gasteiger partial charge in [0.1, 0.15) is 11.3 Å². The number of aromatic nitrogens is 2. The molecule has 0 fully saturated rings. The average Bonchev–Trinajstić information content (AvgIpc) is 3.37. The number of para-hydroxylation sites is 1. The van der Waals surface area contributed by atoms with Crippen LogP contribution in [0, 0.1) is 0 Å². The van der Waals surface area contributed by atoms with Gasteiger partial charge in [0.2, 0.25) is 0 Å². The number of urea groups is 1. The lowest BCUT2D eigenvalue weighted by molar-refractivity contribution is -0.127. The van der Waals surface area contributed by atoms with Gasteiger partial charge in [0, 0.05) is 12.2 Å². The normalized spacial score (nSPS) is 11.7. The van der Waals surface area contributed by atoms with Gasteiger partial charge in [-0.25, -0.2) is 14.3 Å². The van der Waals surface area contributed by atoms with E-state index >= 15 is 0 Å². The van der Waals surface area contributed by atoms with E-state index in [9.17, 15) is 14.4 Å². The first-order valence-electron chi connectivity index (χ1n) is 9.36. The minimum absolute atomic E-state index is 0.132. The molecule has 2 heterocycles. The lowest BCUT2D eigenvalue weighted by Gasteiger charge is -2.14. The van der Waals surface area contributed by atoms with Crippen LogP contribution in [0.1, 0.15) is 31.1 Å². The highest BCUT2D eigenvalue weighted by atomic mass is 32.1. The first kappa shape index (κ1) is 21.3. The van der Waals surface area contributed by atoms with Crippen LogP contribution in [0.25, 0.3) is 16.3 Å². The van der Waals surface area contributed by atoms with E-state index in [0.717, 1.165) is 10.6 Å². The quantitative estimate of drug-likeness (QED) is 0.588. The van der Waals surface area contributed by atoms with Crippen LogP contribution in [0.4, 0.5) is 4.79 Å². The molecule has 0 aliphatic carbocycles. The molecule has 1 aromatic carbocycles. The average molecular weight is 426 g/mol. The molecule has 0 saturated carbocycles. The smallest absolute Gasteiger partial charge is 0.342 e. The summed E-state index contributed by atoms with van der Waals surface area (Å²) in [6, 6.07) is 12.3. The van der Waals surface area contributed by atoms with Gasteiger partial charge in [0.05, 0.1) is 10.6 Å². The highest BCUT2D eigenvalue weighted by Crippen LogP contribution is 2.28. The summed E-state index contributed by atoms with van der Waals surface area (Å²) in [7, 11) is 0. The van der Waals surface area contributed by atoms with Gasteiger partial charge < -0.3 is 10.1 Å². The van der Waals surface area contributed by atoms with Gasteiger partial charge in [-0.1, -0.05) is 24.3 Å². The molecule has 0 aliphatic heterocycles. The summed E-state index contributed by atoms with van der Waals surface area (Å²) in [5, 5.41) is 11.1. The Balaban J connectivity index is 1.80. The van der Waals surface area contributed by atoms with Crippen LogP contribution in [-0.2, 0) is 9.53 Å². The molecule has 1 unspecified atom stereocenters. The van der Waals surface area contributed by atoms with Crippen molar-refractivity contribution in [1.82, 2.24) is 20.4 Å². The summed E-state index contributed by atoms with van der Waals surface area (Å²) in [6.45, 7) is 4.94. The van der Waals surface area contributed by atoms with Gasteiger partial charge in [-0.15, -0.1) is 11.3 Å². The van der Waals surface area contributed by atoms with E-state index in [-0.39, 0.29) is 11.6 Å². The van der Waals surface area contributed by atoms with Crippen LogP contribution in [-0.4, -0.2) is 39.8 Å². The zero-order valence-electron chi connectivity index (χ0n) is 16.8. The van der Waals surface area contributed by atoms with Crippen LogP contribution in [0.5, 0.6) is 0 Å². The zero-order valence-corrected chi connectivity index (χ0v) is 17.6. The number of ether oxygens (including phenoxy) is 1. The van der Waals surface area contributed by atoms with Gasteiger partial charge in [-0.2, -0.15) is 5.10 Å². The lowest BCUT2D eigenvalue weighted by Crippen LogP contribution is -2.46. The van der Waals surface area contributed by atoms with Gasteiger partial charge in [0.15, 0.2) is 6.10 Å². The van der Waals surface area contributed by atoms with Gasteiger partial charge in [-0.05, 0) is 44.4 Å². The number of hydrogen-bond donors (Lipinski definition) is 2. The summed E-state index contributed by atoms with van der Waals surface area (Å²) in [4.78, 5) is 37.5. The molecule has 0 saturated heterocycles. The molecular weight excluding hydrogens is 404 g/mol. The van der Waals surface area contributed by atoms with Crippen molar-refractivity contribution in [3.8, 4) is 16.3 Å². The first-order valence-corrected chi connectivity index (χ1v) is 10.2. The lowest BCUT2D eigenvalue weighted by atomic mass is 10.2. The number of nitrogens with one attached hydrogen (secondary N) is 2. The Morgan fingerprint density at radius 1 is 1.07 bits per heavy atom. The third-order valence-corrected chi connectivity index (χ3v) is 4.90. The highest BCUT2D eigenvalue weighted by Gasteiger charge is 2.25. The topological polar surface area (TPSA) is 102 Å². The molecule has 3 aromatic rings. The van der Waals surface area contributed by atoms with E-state index in [4.69, 9.17) is 4.74 Å². The molecule has 3 amide bonds. The van der Waals surface area contributed by atoms with E-state index < -0.39 is 24.0 Å². The minimum Gasteiger partial charge on any atom is -0.449 e. The molecule has 9 heteroatoms. The van der Waals surface area contributed by atoms with Crippen molar-refractivity contribution in [2.75, 3.05) is 0 Å². The number of hydrogen-bond acceptors (Lipinski definition) is 6. The number of benzene rings is 1. The largest absolute Gasteiger partial charge is 0.449 e. The number of imide groups is 1. The first-order chi connectivity index (χ1) is 14.3. The SMILES string of the molecule is CC(C)NC(=O)NC(=O)C(C)OC(=O)c1cn(-c2ccccc2)nc1-c1cccs1. The Hall–Kier alpha value is -3.46. The minimum atomic E-state index is -1.16. The number of thiophene rings is 1. The summed E-state index contributed by atoms with van der Waals surface area (Å²) >= 11 is 1.44. The molecule has 156 valence electrons. The Bertz CT molecular complexity index is 1030. The Morgan fingerprint density at radius 3 is 2.43 bits per heavy atom. The van der Waals surface area contributed by atoms with Crippen LogP contribution in [0.3, 0.4) is 0 Å². The van der Waals surface area contributed by atoms with Gasteiger partial charge in [-0.3, -0.25) is 10.1 Å². The summed E-state index contributed by atoms with van der Waals surface area (Å²) in [6.07, 6.45) is 0.412. The molecule has 2 aromatic heterocycles. The fourth-order valence-corrected chi connectivity index (χ4v) is 3.34. The number of carbonyl (C=O) groups is 3. The highest BCUT2D eigenvalue weighted by molar-refractivity contribution is 7.13. The number of nitrogens with zero attached hydrogens (tertiary/aromatic N) is 2. The second kappa shape index (κ2) is 9.36. The summed E-state index contributed by atoms with van der Waals surface area (Å²) in [5.74, 6) is -1.41. The number of rotatable bonds is 6. The van der Waals surface area contributed by atoms with Crippen molar-refractivity contribution in [2.45, 2.75) is 32.9 Å². The summed E-state index contributed by atoms with van der Waals surface area (Å²) in [5.41, 5.74) is 1.47. The molecule has 0 bridgehead atoms. The van der Waals surface area contributed by atoms with E-state index in [1.165, 1.54) is 18.3 Å². The monoisotopic (exact) mass is 426 g/mol. The van der Waals surface area contributed by atoms with Crippen LogP contribution >= 0.6 is 11.3 Å². The van der Waals surface area contributed by atoms with Crippen molar-refractivity contribution < 1.29 is 19.1 Å². The van der Waals surface area contributed by atoms with E-state index in [1.807, 2.05) is 47.8 Å². The maximum absolute atomic E-state index is 12.8. The third-order valence-electron chi connectivity index (χ3n) is 4.02. The number of esters is 1. The molecule has 3 rings (SSSR count). The Labute approximate surface area is 177 Å². The molecule has 1 atom stereocenters. The fourth-order valence-electron chi connectivity index (χ4n) is 2.62. The molecular formula is C21H22N4O4S. The van der Waals surface area contributed by atoms with Crippen LogP contribution in [0.15, 0.2) is 54.0 Å². The van der Waals surface area contributed by atoms with Crippen LogP contribution < -0.4 is 10.6 Å². The van der Waals surface area contributed by atoms with Gasteiger partial charge >= 0.3 is 12.0 Å². The predicted molar refractivity (Wildman–Crippen MR) is 114 cm³/mol. The Kier molecular flexibility index (Phi) is 6.63. The molecule has 0 aliphatic rings.